The summed E-state index contributed by atoms with van der Waals surface area (Å²) in [5.41, 5.74) is 3.23. The molecule has 2 heteroatoms. The second kappa shape index (κ2) is 6.60. The molecule has 0 fully saturated rings. The monoisotopic (exact) mass is 239 g/mol. The maximum atomic E-state index is 5.42. The van der Waals surface area contributed by atoms with E-state index in [4.69, 9.17) is 4.84 Å². The number of hydrogen-bond donors (Lipinski definition) is 0. The maximum Gasteiger partial charge on any atom is 0.142 e. The van der Waals surface area contributed by atoms with Gasteiger partial charge >= 0.3 is 0 Å². The van der Waals surface area contributed by atoms with Crippen molar-refractivity contribution >= 4 is 5.71 Å². The van der Waals surface area contributed by atoms with Crippen molar-refractivity contribution < 1.29 is 4.84 Å². The summed E-state index contributed by atoms with van der Waals surface area (Å²) in [5, 5.41) is 4.22. The number of nitrogens with zero attached hydrogens (tertiary/aromatic N) is 1. The zero-order chi connectivity index (χ0) is 12.6. The highest BCUT2D eigenvalue weighted by Gasteiger charge is 2.00. The zero-order valence-corrected chi connectivity index (χ0v) is 10.5. The van der Waals surface area contributed by atoms with Crippen molar-refractivity contribution in [2.75, 3.05) is 0 Å². The molecule has 0 aliphatic heterocycles. The predicted molar refractivity (Wildman–Crippen MR) is 74.5 cm³/mol. The molecule has 0 heterocycles. The molecule has 0 saturated carbocycles. The molecule has 2 nitrogen and oxygen atoms in total. The van der Waals surface area contributed by atoms with E-state index in [1.54, 1.807) is 0 Å². The molecule has 18 heavy (non-hydrogen) atoms. The Balaban J connectivity index is 1.99. The molecule has 0 unspecified atom stereocenters. The summed E-state index contributed by atoms with van der Waals surface area (Å²) in [7, 11) is 0. The second-order valence-electron chi connectivity index (χ2n) is 4.02. The smallest absolute Gasteiger partial charge is 0.142 e. The van der Waals surface area contributed by atoms with E-state index in [-0.39, 0.29) is 0 Å². The van der Waals surface area contributed by atoms with Crippen molar-refractivity contribution in [1.29, 1.82) is 0 Å². The average molecular weight is 239 g/mol. The third-order valence-corrected chi connectivity index (χ3v) is 2.69. The second-order valence-corrected chi connectivity index (χ2v) is 4.02. The Morgan fingerprint density at radius 1 is 0.944 bits per heavy atom. The summed E-state index contributed by atoms with van der Waals surface area (Å²) in [6, 6.07) is 20.2. The molecule has 2 rings (SSSR count). The minimum Gasteiger partial charge on any atom is -0.391 e. The van der Waals surface area contributed by atoms with Crippen LogP contribution in [-0.4, -0.2) is 5.71 Å². The van der Waals surface area contributed by atoms with E-state index in [0.717, 1.165) is 23.3 Å². The Labute approximate surface area is 108 Å². The number of oxime groups is 1. The van der Waals surface area contributed by atoms with Crippen LogP contribution in [0.25, 0.3) is 0 Å². The van der Waals surface area contributed by atoms with Gasteiger partial charge in [0.25, 0.3) is 0 Å². The first-order valence-corrected chi connectivity index (χ1v) is 6.18. The Bertz CT molecular complexity index is 491. The van der Waals surface area contributed by atoms with Crippen LogP contribution in [0.3, 0.4) is 0 Å². The van der Waals surface area contributed by atoms with E-state index >= 15 is 0 Å². The van der Waals surface area contributed by atoms with E-state index in [9.17, 15) is 0 Å². The van der Waals surface area contributed by atoms with E-state index in [1.165, 1.54) is 0 Å². The summed E-state index contributed by atoms with van der Waals surface area (Å²) in [4.78, 5) is 5.42. The van der Waals surface area contributed by atoms with Crippen LogP contribution in [0.15, 0.2) is 65.8 Å². The fraction of sp³-hybridized carbons (Fsp3) is 0.188. The van der Waals surface area contributed by atoms with Gasteiger partial charge in [-0.15, -0.1) is 0 Å². The van der Waals surface area contributed by atoms with E-state index in [0.29, 0.717) is 6.61 Å². The van der Waals surface area contributed by atoms with Crippen LogP contribution in [0.5, 0.6) is 0 Å². The lowest BCUT2D eigenvalue weighted by molar-refractivity contribution is 0.130. The van der Waals surface area contributed by atoms with Gasteiger partial charge in [-0.1, -0.05) is 72.7 Å². The first-order valence-electron chi connectivity index (χ1n) is 6.18. The SMILES string of the molecule is CCC(=NOCc1ccccc1)c1ccccc1. The standard InChI is InChI=1S/C16H17NO/c1-2-16(15-11-7-4-8-12-15)17-18-13-14-9-5-3-6-10-14/h3-12H,2,13H2,1H3. The number of hydrogen-bond acceptors (Lipinski definition) is 2. The lowest BCUT2D eigenvalue weighted by Gasteiger charge is -2.04. The minimum absolute atomic E-state index is 0.511. The van der Waals surface area contributed by atoms with Crippen LogP contribution in [0, 0.1) is 0 Å². The van der Waals surface area contributed by atoms with Gasteiger partial charge in [-0.2, -0.15) is 0 Å². The maximum absolute atomic E-state index is 5.42. The van der Waals surface area contributed by atoms with Crippen molar-refractivity contribution in [3.05, 3.63) is 71.8 Å². The minimum atomic E-state index is 0.511. The molecule has 0 saturated heterocycles. The first kappa shape index (κ1) is 12.4. The molecule has 0 amide bonds. The normalized spacial score (nSPS) is 11.3. The van der Waals surface area contributed by atoms with E-state index < -0.39 is 0 Å². The molecule has 0 spiro atoms. The predicted octanol–water partition coefficient (Wildman–Crippen LogP) is 4.02. The van der Waals surface area contributed by atoms with Gasteiger partial charge < -0.3 is 4.84 Å². The van der Waals surface area contributed by atoms with Gasteiger partial charge in [0.2, 0.25) is 0 Å². The van der Waals surface area contributed by atoms with Crippen molar-refractivity contribution in [1.82, 2.24) is 0 Å². The van der Waals surface area contributed by atoms with Gasteiger partial charge in [0, 0.05) is 0 Å². The molecule has 2 aromatic rings. The molecule has 0 atom stereocenters. The van der Waals surface area contributed by atoms with Gasteiger partial charge in [-0.05, 0) is 17.5 Å². The third kappa shape index (κ3) is 3.45. The lowest BCUT2D eigenvalue weighted by Crippen LogP contribution is -2.00. The van der Waals surface area contributed by atoms with Gasteiger partial charge in [0.15, 0.2) is 0 Å². The average Bonchev–Trinajstić information content (AvgIpc) is 2.46. The highest BCUT2D eigenvalue weighted by atomic mass is 16.6. The molecular formula is C16H17NO. The Hall–Kier alpha value is -2.09. The van der Waals surface area contributed by atoms with Crippen LogP contribution in [0.2, 0.25) is 0 Å². The van der Waals surface area contributed by atoms with Crippen molar-refractivity contribution in [3.63, 3.8) is 0 Å². The molecule has 92 valence electrons. The van der Waals surface area contributed by atoms with Crippen LogP contribution in [-0.2, 0) is 11.4 Å². The van der Waals surface area contributed by atoms with Crippen LogP contribution < -0.4 is 0 Å². The zero-order valence-electron chi connectivity index (χ0n) is 10.5. The Morgan fingerprint density at radius 3 is 2.17 bits per heavy atom. The molecular weight excluding hydrogens is 222 g/mol. The van der Waals surface area contributed by atoms with Crippen molar-refractivity contribution in [3.8, 4) is 0 Å². The van der Waals surface area contributed by atoms with E-state index in [1.807, 2.05) is 60.7 Å². The van der Waals surface area contributed by atoms with E-state index in [2.05, 4.69) is 12.1 Å². The fourth-order valence-electron chi connectivity index (χ4n) is 1.71. The topological polar surface area (TPSA) is 21.6 Å². The molecule has 0 aliphatic rings. The van der Waals surface area contributed by atoms with Gasteiger partial charge in [-0.3, -0.25) is 0 Å². The molecule has 0 aliphatic carbocycles. The van der Waals surface area contributed by atoms with Gasteiger partial charge in [0.1, 0.15) is 6.61 Å². The molecule has 0 radical (unpaired) electrons. The largest absolute Gasteiger partial charge is 0.391 e. The van der Waals surface area contributed by atoms with Crippen LogP contribution >= 0.6 is 0 Å². The number of benzene rings is 2. The summed E-state index contributed by atoms with van der Waals surface area (Å²) < 4.78 is 0. The Morgan fingerprint density at radius 2 is 1.56 bits per heavy atom. The summed E-state index contributed by atoms with van der Waals surface area (Å²) in [5.74, 6) is 0. The molecule has 0 bridgehead atoms. The van der Waals surface area contributed by atoms with Crippen LogP contribution in [0.1, 0.15) is 24.5 Å². The fourth-order valence-corrected chi connectivity index (χ4v) is 1.71. The number of rotatable bonds is 5. The first-order chi connectivity index (χ1) is 8.90. The van der Waals surface area contributed by atoms with Crippen LogP contribution in [0.4, 0.5) is 0 Å². The molecule has 0 N–H and O–H groups in total. The third-order valence-electron chi connectivity index (χ3n) is 2.69. The summed E-state index contributed by atoms with van der Waals surface area (Å²) in [6.07, 6.45) is 0.860. The molecule has 2 aromatic carbocycles. The lowest BCUT2D eigenvalue weighted by atomic mass is 10.1. The Kier molecular flexibility index (Phi) is 4.53. The van der Waals surface area contributed by atoms with Gasteiger partial charge in [0.05, 0.1) is 5.71 Å². The molecule has 0 aromatic heterocycles. The summed E-state index contributed by atoms with van der Waals surface area (Å²) in [6.45, 7) is 2.59. The van der Waals surface area contributed by atoms with Crippen molar-refractivity contribution in [2.45, 2.75) is 20.0 Å². The van der Waals surface area contributed by atoms with Gasteiger partial charge in [-0.25, -0.2) is 0 Å². The highest BCUT2D eigenvalue weighted by Crippen LogP contribution is 2.06. The summed E-state index contributed by atoms with van der Waals surface area (Å²) >= 11 is 0. The highest BCUT2D eigenvalue weighted by molar-refractivity contribution is 5.99. The van der Waals surface area contributed by atoms with Crippen molar-refractivity contribution in [2.24, 2.45) is 5.16 Å². The quantitative estimate of drug-likeness (QED) is 0.570.